The fourth-order valence-electron chi connectivity index (χ4n) is 2.34. The third-order valence-electron chi connectivity index (χ3n) is 3.58. The zero-order valence-corrected chi connectivity index (χ0v) is 11.5. The van der Waals surface area contributed by atoms with Crippen LogP contribution in [0.4, 0.5) is 0 Å². The molecular formula is C13H28N2O. The summed E-state index contributed by atoms with van der Waals surface area (Å²) < 4.78 is 5.83. The summed E-state index contributed by atoms with van der Waals surface area (Å²) in [5.41, 5.74) is 0. The third kappa shape index (κ3) is 4.04. The summed E-state index contributed by atoms with van der Waals surface area (Å²) in [5.74, 6) is 0.689. The van der Waals surface area contributed by atoms with Crippen molar-refractivity contribution >= 4 is 0 Å². The van der Waals surface area contributed by atoms with E-state index in [4.69, 9.17) is 4.74 Å². The molecule has 16 heavy (non-hydrogen) atoms. The van der Waals surface area contributed by atoms with Crippen LogP contribution in [0, 0.1) is 5.92 Å². The van der Waals surface area contributed by atoms with E-state index in [0.29, 0.717) is 24.1 Å². The van der Waals surface area contributed by atoms with Gasteiger partial charge in [-0.1, -0.05) is 20.8 Å². The average Bonchev–Trinajstić information content (AvgIpc) is 2.25. The van der Waals surface area contributed by atoms with Crippen molar-refractivity contribution in [1.29, 1.82) is 0 Å². The zero-order valence-electron chi connectivity index (χ0n) is 11.5. The summed E-state index contributed by atoms with van der Waals surface area (Å²) in [6, 6.07) is 1.04. The van der Waals surface area contributed by atoms with E-state index in [1.807, 2.05) is 0 Å². The maximum Gasteiger partial charge on any atom is 0.0852 e. The van der Waals surface area contributed by atoms with Gasteiger partial charge in [0.05, 0.1) is 12.7 Å². The number of morpholine rings is 1. The van der Waals surface area contributed by atoms with Crippen LogP contribution in [0.2, 0.25) is 0 Å². The summed E-state index contributed by atoms with van der Waals surface area (Å²) in [6.45, 7) is 12.0. The molecule has 1 rings (SSSR count). The van der Waals surface area contributed by atoms with Crippen molar-refractivity contribution in [3.8, 4) is 0 Å². The lowest BCUT2D eigenvalue weighted by molar-refractivity contribution is -0.0380. The van der Waals surface area contributed by atoms with Gasteiger partial charge in [-0.3, -0.25) is 0 Å². The summed E-state index contributed by atoms with van der Waals surface area (Å²) in [7, 11) is 2.17. The van der Waals surface area contributed by atoms with Crippen LogP contribution in [0.1, 0.15) is 34.1 Å². The molecule has 0 aromatic carbocycles. The van der Waals surface area contributed by atoms with Crippen LogP contribution < -0.4 is 5.32 Å². The molecule has 0 saturated carbocycles. The minimum absolute atomic E-state index is 0.339. The van der Waals surface area contributed by atoms with Gasteiger partial charge in [-0.25, -0.2) is 0 Å². The van der Waals surface area contributed by atoms with Crippen LogP contribution in [0.25, 0.3) is 0 Å². The Morgan fingerprint density at radius 3 is 2.56 bits per heavy atom. The van der Waals surface area contributed by atoms with Gasteiger partial charge in [0.1, 0.15) is 0 Å². The van der Waals surface area contributed by atoms with E-state index >= 15 is 0 Å². The standard InChI is InChI=1S/C13H28N2O/c1-6-12(10(2)3)14-11(4)13-9-15(5)7-8-16-13/h10-14H,6-9H2,1-5H3. The van der Waals surface area contributed by atoms with Crippen molar-refractivity contribution in [1.82, 2.24) is 10.2 Å². The minimum Gasteiger partial charge on any atom is -0.374 e. The molecule has 3 heteroatoms. The largest absolute Gasteiger partial charge is 0.374 e. The van der Waals surface area contributed by atoms with Crippen LogP contribution in [0.5, 0.6) is 0 Å². The SMILES string of the molecule is CCC(NC(C)C1CN(C)CCO1)C(C)C. The molecule has 0 bridgehead atoms. The molecule has 1 N–H and O–H groups in total. The minimum atomic E-state index is 0.339. The zero-order chi connectivity index (χ0) is 12.1. The quantitative estimate of drug-likeness (QED) is 0.775. The molecule has 1 heterocycles. The Hall–Kier alpha value is -0.120. The van der Waals surface area contributed by atoms with Gasteiger partial charge in [-0.05, 0) is 26.3 Å². The van der Waals surface area contributed by atoms with Crippen molar-refractivity contribution in [2.75, 3.05) is 26.7 Å². The van der Waals surface area contributed by atoms with Crippen molar-refractivity contribution in [2.45, 2.75) is 52.3 Å². The highest BCUT2D eigenvalue weighted by molar-refractivity contribution is 4.82. The lowest BCUT2D eigenvalue weighted by atomic mass is 9.99. The van der Waals surface area contributed by atoms with Gasteiger partial charge in [0.15, 0.2) is 0 Å². The molecule has 1 fully saturated rings. The monoisotopic (exact) mass is 228 g/mol. The van der Waals surface area contributed by atoms with E-state index in [0.717, 1.165) is 19.7 Å². The number of hydrogen-bond acceptors (Lipinski definition) is 3. The van der Waals surface area contributed by atoms with Crippen LogP contribution >= 0.6 is 0 Å². The first kappa shape index (κ1) is 13.9. The van der Waals surface area contributed by atoms with Crippen molar-refractivity contribution < 1.29 is 4.74 Å². The number of hydrogen-bond donors (Lipinski definition) is 1. The predicted molar refractivity (Wildman–Crippen MR) is 68.8 cm³/mol. The smallest absolute Gasteiger partial charge is 0.0852 e. The Labute approximate surface area is 101 Å². The average molecular weight is 228 g/mol. The lowest BCUT2D eigenvalue weighted by Crippen LogP contribution is -2.53. The second kappa shape index (κ2) is 6.58. The Morgan fingerprint density at radius 1 is 1.38 bits per heavy atom. The van der Waals surface area contributed by atoms with Gasteiger partial charge >= 0.3 is 0 Å². The first-order valence-electron chi connectivity index (χ1n) is 6.60. The van der Waals surface area contributed by atoms with E-state index < -0.39 is 0 Å². The topological polar surface area (TPSA) is 24.5 Å². The Balaban J connectivity index is 2.40. The molecule has 96 valence electrons. The molecule has 3 nitrogen and oxygen atoms in total. The number of rotatable bonds is 5. The van der Waals surface area contributed by atoms with Crippen LogP contribution in [-0.4, -0.2) is 49.8 Å². The predicted octanol–water partition coefficient (Wildman–Crippen LogP) is 1.73. The highest BCUT2D eigenvalue weighted by atomic mass is 16.5. The molecule has 0 radical (unpaired) electrons. The molecular weight excluding hydrogens is 200 g/mol. The fraction of sp³-hybridized carbons (Fsp3) is 1.00. The van der Waals surface area contributed by atoms with E-state index in [1.165, 1.54) is 6.42 Å². The normalized spacial score (nSPS) is 27.0. The summed E-state index contributed by atoms with van der Waals surface area (Å²) in [4.78, 5) is 2.35. The molecule has 1 aliphatic rings. The number of ether oxygens (including phenoxy) is 1. The Morgan fingerprint density at radius 2 is 2.06 bits per heavy atom. The van der Waals surface area contributed by atoms with Crippen molar-refractivity contribution in [2.24, 2.45) is 5.92 Å². The van der Waals surface area contributed by atoms with Gasteiger partial charge in [0.2, 0.25) is 0 Å². The summed E-state index contributed by atoms with van der Waals surface area (Å²) in [6.07, 6.45) is 1.52. The molecule has 1 saturated heterocycles. The van der Waals surface area contributed by atoms with Crippen LogP contribution in [-0.2, 0) is 4.74 Å². The molecule has 0 aromatic heterocycles. The second-order valence-electron chi connectivity index (χ2n) is 5.39. The molecule has 3 atom stereocenters. The Bertz CT molecular complexity index is 196. The maximum absolute atomic E-state index is 5.83. The van der Waals surface area contributed by atoms with Gasteiger partial charge in [0, 0.05) is 25.2 Å². The van der Waals surface area contributed by atoms with Crippen LogP contribution in [0.3, 0.4) is 0 Å². The van der Waals surface area contributed by atoms with Gasteiger partial charge < -0.3 is 15.0 Å². The summed E-state index contributed by atoms with van der Waals surface area (Å²) in [5, 5.41) is 3.70. The van der Waals surface area contributed by atoms with E-state index in [2.05, 4.69) is 45.0 Å². The highest BCUT2D eigenvalue weighted by Crippen LogP contribution is 2.11. The maximum atomic E-state index is 5.83. The van der Waals surface area contributed by atoms with Crippen molar-refractivity contribution in [3.63, 3.8) is 0 Å². The van der Waals surface area contributed by atoms with Crippen molar-refractivity contribution in [3.05, 3.63) is 0 Å². The Kier molecular flexibility index (Phi) is 5.73. The number of likely N-dealkylation sites (N-methyl/N-ethyl adjacent to an activating group) is 1. The second-order valence-corrected chi connectivity index (χ2v) is 5.39. The fourth-order valence-corrected chi connectivity index (χ4v) is 2.34. The molecule has 0 aliphatic carbocycles. The third-order valence-corrected chi connectivity index (χ3v) is 3.58. The first-order valence-corrected chi connectivity index (χ1v) is 6.60. The number of nitrogens with one attached hydrogen (secondary N) is 1. The van der Waals surface area contributed by atoms with Gasteiger partial charge in [0.25, 0.3) is 0 Å². The lowest BCUT2D eigenvalue weighted by Gasteiger charge is -2.36. The molecule has 0 aromatic rings. The van der Waals surface area contributed by atoms with E-state index in [1.54, 1.807) is 0 Å². The molecule has 0 spiro atoms. The summed E-state index contributed by atoms with van der Waals surface area (Å²) >= 11 is 0. The molecule has 0 amide bonds. The van der Waals surface area contributed by atoms with Crippen LogP contribution in [0.15, 0.2) is 0 Å². The van der Waals surface area contributed by atoms with Gasteiger partial charge in [-0.15, -0.1) is 0 Å². The van der Waals surface area contributed by atoms with E-state index in [-0.39, 0.29) is 0 Å². The first-order chi connectivity index (χ1) is 7.54. The van der Waals surface area contributed by atoms with E-state index in [9.17, 15) is 0 Å². The number of nitrogens with zero attached hydrogens (tertiary/aromatic N) is 1. The van der Waals surface area contributed by atoms with Gasteiger partial charge in [-0.2, -0.15) is 0 Å². The highest BCUT2D eigenvalue weighted by Gasteiger charge is 2.25. The molecule has 1 aliphatic heterocycles. The molecule has 3 unspecified atom stereocenters.